The van der Waals surface area contributed by atoms with Crippen molar-refractivity contribution in [3.8, 4) is 34.8 Å². The summed E-state index contributed by atoms with van der Waals surface area (Å²) in [5, 5.41) is 12.2. The summed E-state index contributed by atoms with van der Waals surface area (Å²) >= 11 is 0. The van der Waals surface area contributed by atoms with E-state index in [1.807, 2.05) is 62.0 Å². The van der Waals surface area contributed by atoms with E-state index in [1.165, 1.54) is 7.11 Å². The third kappa shape index (κ3) is 4.40. The number of ether oxygens (including phenoxy) is 2. The molecule has 0 saturated heterocycles. The molecule has 0 aliphatic heterocycles. The third-order valence-electron chi connectivity index (χ3n) is 5.76. The first-order valence-corrected chi connectivity index (χ1v) is 11.2. The number of anilines is 2. The molecule has 9 nitrogen and oxygen atoms in total. The zero-order chi connectivity index (χ0) is 25.2. The van der Waals surface area contributed by atoms with E-state index in [1.54, 1.807) is 24.5 Å². The SMILES string of the molecule is COc1ncc(-c2cc(C)c(Oc3nc(Nc4ccc(C#N)cc4)nc4ccn(C)c34)c(C)c2)cn1. The molecule has 0 aliphatic rings. The van der Waals surface area contributed by atoms with Crippen LogP contribution in [0.3, 0.4) is 0 Å². The molecule has 0 atom stereocenters. The average molecular weight is 478 g/mol. The number of nitrogens with zero attached hydrogens (tertiary/aromatic N) is 6. The monoisotopic (exact) mass is 477 g/mol. The number of hydrogen-bond donors (Lipinski definition) is 1. The van der Waals surface area contributed by atoms with Crippen molar-refractivity contribution in [2.24, 2.45) is 7.05 Å². The summed E-state index contributed by atoms with van der Waals surface area (Å²) in [5.41, 5.74) is 6.65. The van der Waals surface area contributed by atoms with Crippen LogP contribution >= 0.6 is 0 Å². The largest absolute Gasteiger partial charge is 0.467 e. The fourth-order valence-corrected chi connectivity index (χ4v) is 3.98. The number of methoxy groups -OCH3 is 1. The molecule has 0 aliphatic carbocycles. The number of nitrogens with one attached hydrogen (secondary N) is 1. The average Bonchev–Trinajstić information content (AvgIpc) is 3.27. The van der Waals surface area contributed by atoms with E-state index in [4.69, 9.17) is 14.7 Å². The Morgan fingerprint density at radius 1 is 0.944 bits per heavy atom. The molecule has 0 fully saturated rings. The number of nitriles is 1. The van der Waals surface area contributed by atoms with E-state index in [2.05, 4.69) is 31.3 Å². The van der Waals surface area contributed by atoms with Gasteiger partial charge in [-0.05, 0) is 73.0 Å². The van der Waals surface area contributed by atoms with Crippen molar-refractivity contribution in [2.45, 2.75) is 13.8 Å². The maximum atomic E-state index is 9.04. The minimum absolute atomic E-state index is 0.327. The first-order chi connectivity index (χ1) is 17.4. The van der Waals surface area contributed by atoms with Gasteiger partial charge in [0.1, 0.15) is 11.3 Å². The van der Waals surface area contributed by atoms with Gasteiger partial charge in [-0.15, -0.1) is 0 Å². The van der Waals surface area contributed by atoms with Crippen molar-refractivity contribution in [3.63, 3.8) is 0 Å². The molecule has 0 amide bonds. The highest BCUT2D eigenvalue weighted by atomic mass is 16.5. The van der Waals surface area contributed by atoms with E-state index < -0.39 is 0 Å². The van der Waals surface area contributed by atoms with E-state index in [0.29, 0.717) is 23.4 Å². The van der Waals surface area contributed by atoms with Gasteiger partial charge in [0.2, 0.25) is 11.8 Å². The van der Waals surface area contributed by atoms with Crippen LogP contribution in [0.15, 0.2) is 61.1 Å². The highest BCUT2D eigenvalue weighted by molar-refractivity contribution is 5.83. The fourth-order valence-electron chi connectivity index (χ4n) is 3.98. The van der Waals surface area contributed by atoms with Crippen molar-refractivity contribution in [1.82, 2.24) is 24.5 Å². The molecule has 5 rings (SSSR count). The molecule has 1 N–H and O–H groups in total. The second-order valence-corrected chi connectivity index (χ2v) is 8.33. The third-order valence-corrected chi connectivity index (χ3v) is 5.76. The number of rotatable bonds is 6. The van der Waals surface area contributed by atoms with Crippen LogP contribution in [-0.2, 0) is 7.05 Å². The van der Waals surface area contributed by atoms with E-state index in [9.17, 15) is 0 Å². The summed E-state index contributed by atoms with van der Waals surface area (Å²) in [6.07, 6.45) is 5.39. The van der Waals surface area contributed by atoms with Gasteiger partial charge in [0.25, 0.3) is 0 Å². The van der Waals surface area contributed by atoms with Crippen LogP contribution in [-0.4, -0.2) is 31.6 Å². The number of fused-ring (bicyclic) bond motifs is 1. The Bertz CT molecular complexity index is 1580. The van der Waals surface area contributed by atoms with Crippen LogP contribution in [0.2, 0.25) is 0 Å². The van der Waals surface area contributed by atoms with Crippen LogP contribution in [0.1, 0.15) is 16.7 Å². The first kappa shape index (κ1) is 22.8. The quantitative estimate of drug-likeness (QED) is 0.343. The Morgan fingerprint density at radius 3 is 2.28 bits per heavy atom. The Labute approximate surface area is 208 Å². The Kier molecular flexibility index (Phi) is 5.92. The van der Waals surface area contributed by atoms with Crippen molar-refractivity contribution < 1.29 is 9.47 Å². The van der Waals surface area contributed by atoms with Crippen LogP contribution in [0.4, 0.5) is 11.6 Å². The van der Waals surface area contributed by atoms with Gasteiger partial charge in [-0.1, -0.05) is 0 Å². The van der Waals surface area contributed by atoms with Crippen LogP contribution < -0.4 is 14.8 Å². The summed E-state index contributed by atoms with van der Waals surface area (Å²) in [6.45, 7) is 3.99. The first-order valence-electron chi connectivity index (χ1n) is 11.2. The number of aryl methyl sites for hydroxylation is 3. The molecule has 3 heterocycles. The van der Waals surface area contributed by atoms with Crippen LogP contribution in [0, 0.1) is 25.2 Å². The van der Waals surface area contributed by atoms with Gasteiger partial charge in [0.05, 0.1) is 24.3 Å². The molecule has 36 heavy (non-hydrogen) atoms. The van der Waals surface area contributed by atoms with Gasteiger partial charge in [-0.2, -0.15) is 10.2 Å². The Hall–Kier alpha value is -4.97. The smallest absolute Gasteiger partial charge is 0.316 e. The second-order valence-electron chi connectivity index (χ2n) is 8.33. The predicted octanol–water partition coefficient (Wildman–Crippen LogP) is 5.46. The summed E-state index contributed by atoms with van der Waals surface area (Å²) in [5.74, 6) is 1.56. The highest BCUT2D eigenvalue weighted by Crippen LogP contribution is 2.36. The zero-order valence-corrected chi connectivity index (χ0v) is 20.3. The van der Waals surface area contributed by atoms with E-state index >= 15 is 0 Å². The molecular weight excluding hydrogens is 454 g/mol. The fraction of sp³-hybridized carbons (Fsp3) is 0.148. The Balaban J connectivity index is 1.50. The minimum Gasteiger partial charge on any atom is -0.467 e. The molecule has 178 valence electrons. The molecule has 0 unspecified atom stereocenters. The standard InChI is InChI=1S/C27H23N7O2/c1-16-11-19(20-14-29-27(35-4)30-15-20)12-17(2)24(16)36-25-23-22(9-10-34(23)3)32-26(33-25)31-21-7-5-18(13-28)6-8-21/h5-12,14-15H,1-4H3,(H,31,32,33). The molecule has 9 heteroatoms. The zero-order valence-electron chi connectivity index (χ0n) is 20.3. The van der Waals surface area contributed by atoms with Gasteiger partial charge < -0.3 is 19.4 Å². The lowest BCUT2D eigenvalue weighted by Gasteiger charge is -2.15. The Morgan fingerprint density at radius 2 is 1.64 bits per heavy atom. The van der Waals surface area contributed by atoms with Gasteiger partial charge in [-0.3, -0.25) is 0 Å². The molecule has 3 aromatic heterocycles. The van der Waals surface area contributed by atoms with E-state index in [-0.39, 0.29) is 0 Å². The molecule has 0 bridgehead atoms. The molecule has 0 radical (unpaired) electrons. The molecule has 2 aromatic carbocycles. The van der Waals surface area contributed by atoms with Crippen LogP contribution in [0.25, 0.3) is 22.2 Å². The maximum Gasteiger partial charge on any atom is 0.316 e. The van der Waals surface area contributed by atoms with Gasteiger partial charge in [0.15, 0.2) is 0 Å². The summed E-state index contributed by atoms with van der Waals surface area (Å²) in [6, 6.07) is 15.5. The molecular formula is C27H23N7O2. The summed E-state index contributed by atoms with van der Waals surface area (Å²) in [4.78, 5) is 17.7. The topological polar surface area (TPSA) is 111 Å². The van der Waals surface area contributed by atoms with Crippen molar-refractivity contribution in [1.29, 1.82) is 5.26 Å². The normalized spacial score (nSPS) is 10.8. The van der Waals surface area contributed by atoms with Crippen molar-refractivity contribution in [2.75, 3.05) is 12.4 Å². The van der Waals surface area contributed by atoms with Gasteiger partial charge >= 0.3 is 6.01 Å². The summed E-state index contributed by atoms with van der Waals surface area (Å²) in [7, 11) is 3.47. The van der Waals surface area contributed by atoms with Gasteiger partial charge in [0, 0.05) is 36.9 Å². The highest BCUT2D eigenvalue weighted by Gasteiger charge is 2.17. The van der Waals surface area contributed by atoms with E-state index in [0.717, 1.165) is 44.7 Å². The molecule has 0 spiro atoms. The number of hydrogen-bond acceptors (Lipinski definition) is 8. The van der Waals surface area contributed by atoms with Crippen molar-refractivity contribution >= 4 is 22.7 Å². The number of aromatic nitrogens is 5. The van der Waals surface area contributed by atoms with Crippen LogP contribution in [0.5, 0.6) is 17.6 Å². The molecule has 0 saturated carbocycles. The lowest BCUT2D eigenvalue weighted by atomic mass is 10.0. The minimum atomic E-state index is 0.327. The second kappa shape index (κ2) is 9.35. The maximum absolute atomic E-state index is 9.04. The molecule has 5 aromatic rings. The summed E-state index contributed by atoms with van der Waals surface area (Å²) < 4.78 is 13.4. The van der Waals surface area contributed by atoms with Crippen molar-refractivity contribution in [3.05, 3.63) is 77.7 Å². The number of benzene rings is 2. The predicted molar refractivity (Wildman–Crippen MR) is 137 cm³/mol. The lowest BCUT2D eigenvalue weighted by Crippen LogP contribution is -2.02. The van der Waals surface area contributed by atoms with Gasteiger partial charge in [-0.25, -0.2) is 15.0 Å². The lowest BCUT2D eigenvalue weighted by molar-refractivity contribution is 0.380.